The molecule has 7 atom stereocenters. The molecule has 72 heavy (non-hydrogen) atoms. The van der Waals surface area contributed by atoms with Gasteiger partial charge in [-0.2, -0.15) is 0 Å². The van der Waals surface area contributed by atoms with Crippen molar-refractivity contribution < 1.29 is 48.3 Å². The molecule has 2 saturated heterocycles. The number of morpholine rings is 1. The van der Waals surface area contributed by atoms with E-state index in [1.165, 1.54) is 7.11 Å². The van der Waals surface area contributed by atoms with E-state index in [4.69, 9.17) is 18.9 Å². The van der Waals surface area contributed by atoms with Crippen molar-refractivity contribution in [2.24, 2.45) is 5.92 Å². The Morgan fingerprint density at radius 2 is 1.44 bits per heavy atom. The Labute approximate surface area is 418 Å². The molecule has 14 nitrogen and oxygen atoms in total. The predicted octanol–water partition coefficient (Wildman–Crippen LogP) is 6.84. The van der Waals surface area contributed by atoms with Crippen LogP contribution >= 0.6 is 0 Å². The summed E-state index contributed by atoms with van der Waals surface area (Å²) >= 11 is 0. The Morgan fingerprint density at radius 3 is 2.11 bits per heavy atom. The number of methoxy groups -OCH3 is 1. The molecule has 2 fully saturated rings. The Morgan fingerprint density at radius 1 is 0.792 bits per heavy atom. The van der Waals surface area contributed by atoms with Crippen molar-refractivity contribution in [3.8, 4) is 17.6 Å². The van der Waals surface area contributed by atoms with E-state index in [-0.39, 0.29) is 44.2 Å². The fourth-order valence-electron chi connectivity index (χ4n) is 10.5. The van der Waals surface area contributed by atoms with Crippen molar-refractivity contribution in [1.82, 2.24) is 15.1 Å². The molecule has 0 saturated carbocycles. The lowest BCUT2D eigenvalue weighted by molar-refractivity contribution is -0.178. The number of ether oxygens (including phenoxy) is 4. The van der Waals surface area contributed by atoms with Gasteiger partial charge < -0.3 is 34.5 Å². The number of carbonyl (C=O) groups is 4. The molecule has 368 valence electrons. The first kappa shape index (κ1) is 49.3. The van der Waals surface area contributed by atoms with Crippen molar-refractivity contribution in [1.29, 1.82) is 0 Å². The van der Waals surface area contributed by atoms with E-state index in [1.54, 1.807) is 66.7 Å². The van der Waals surface area contributed by atoms with Crippen LogP contribution in [0, 0.1) is 17.8 Å². The maximum Gasteiger partial charge on any atom is 0.421 e. The van der Waals surface area contributed by atoms with Crippen molar-refractivity contribution >= 4 is 29.6 Å². The van der Waals surface area contributed by atoms with Gasteiger partial charge in [-0.15, -0.1) is 0 Å². The monoisotopic (exact) mass is 968 g/mol. The Balaban J connectivity index is 1.28. The maximum absolute atomic E-state index is 16.5. The highest BCUT2D eigenvalue weighted by Crippen LogP contribution is 2.66. The predicted molar refractivity (Wildman–Crippen MR) is 268 cm³/mol. The van der Waals surface area contributed by atoms with E-state index in [0.29, 0.717) is 41.1 Å². The largest absolute Gasteiger partial charge is 0.491 e. The lowest BCUT2D eigenvalue weighted by Gasteiger charge is -2.46. The van der Waals surface area contributed by atoms with E-state index in [0.717, 1.165) is 16.0 Å². The quantitative estimate of drug-likeness (QED) is 0.0526. The molecule has 3 aliphatic heterocycles. The standard InChI is InChI=1S/C58H56N4O10/c1-60(38-40-16-7-3-8-17-40)31-15-18-39-25-30-47-46(36-39)58(56(67)61(47)57(68)71-35-34-69-2)49(54(65)59-37-48(64)41-19-9-4-10-20-41)51-55(66)72-52(43-23-13-6-14-24-43)50(42-21-11-5-12-22-42)62(51)53(58)44-26-28-45(29-27-44)70-33-32-63/h3-14,16-17,19-30,36,48-53,63-64H,31-35,37-38H2,1-2H3,(H,59,65)/t48-,49+,50+,51+,52-,53-,58+/m0/s1. The molecule has 0 aromatic heterocycles. The van der Waals surface area contributed by atoms with Gasteiger partial charge in [0.05, 0.1) is 49.6 Å². The van der Waals surface area contributed by atoms with Crippen LogP contribution in [0.25, 0.3) is 0 Å². The molecular weight excluding hydrogens is 913 g/mol. The first-order chi connectivity index (χ1) is 35.1. The number of esters is 1. The van der Waals surface area contributed by atoms with Crippen LogP contribution in [0.5, 0.6) is 5.75 Å². The molecule has 3 heterocycles. The van der Waals surface area contributed by atoms with Crippen LogP contribution in [-0.2, 0) is 40.6 Å². The van der Waals surface area contributed by atoms with Crippen LogP contribution in [-0.4, -0.2) is 104 Å². The van der Waals surface area contributed by atoms with Gasteiger partial charge in [-0.05, 0) is 70.8 Å². The number of cyclic esters (lactones) is 1. The SMILES string of the molecule is COCCOC(=O)N1C(=O)[C@@]2(c3cc(C#CCN(C)Cc4ccccc4)ccc31)[C@H](c1ccc(OCCO)cc1)N1[C@H](c3ccccc3)[C@H](c3ccccc3)OC(=O)[C@H]1[C@@H]2C(=O)NC[C@H](O)c1ccccc1. The summed E-state index contributed by atoms with van der Waals surface area (Å²) in [5, 5.41) is 24.0. The third-order valence-electron chi connectivity index (χ3n) is 13.5. The molecular formula is C58H56N4O10. The van der Waals surface area contributed by atoms with Crippen LogP contribution in [0.4, 0.5) is 10.5 Å². The van der Waals surface area contributed by atoms with Gasteiger partial charge in [-0.25, -0.2) is 9.69 Å². The summed E-state index contributed by atoms with van der Waals surface area (Å²) in [7, 11) is 3.43. The number of nitrogens with one attached hydrogen (secondary N) is 1. The van der Waals surface area contributed by atoms with E-state index in [9.17, 15) is 15.0 Å². The average Bonchev–Trinajstić information content (AvgIpc) is 3.87. The van der Waals surface area contributed by atoms with Crippen LogP contribution in [0.15, 0.2) is 164 Å². The number of hydrogen-bond acceptors (Lipinski definition) is 12. The molecule has 6 aromatic carbocycles. The molecule has 1 spiro atoms. The molecule has 3 aliphatic rings. The molecule has 0 bridgehead atoms. The topological polar surface area (TPSA) is 167 Å². The summed E-state index contributed by atoms with van der Waals surface area (Å²) in [5.74, 6) is 3.07. The van der Waals surface area contributed by atoms with Gasteiger partial charge in [-0.3, -0.25) is 24.2 Å². The van der Waals surface area contributed by atoms with Crippen LogP contribution in [0.2, 0.25) is 0 Å². The number of hydrogen-bond donors (Lipinski definition) is 3. The summed E-state index contributed by atoms with van der Waals surface area (Å²) in [5.41, 5.74) is 2.38. The zero-order valence-electron chi connectivity index (χ0n) is 40.0. The highest BCUT2D eigenvalue weighted by molar-refractivity contribution is 6.23. The normalized spacial score (nSPS) is 21.6. The van der Waals surface area contributed by atoms with Gasteiger partial charge in [0.1, 0.15) is 36.5 Å². The lowest BCUT2D eigenvalue weighted by atomic mass is 9.65. The van der Waals surface area contributed by atoms with Gasteiger partial charge in [0.25, 0.3) is 0 Å². The number of anilines is 1. The number of aliphatic hydroxyl groups is 2. The second-order valence-electron chi connectivity index (χ2n) is 18.0. The number of benzene rings is 6. The van der Waals surface area contributed by atoms with Gasteiger partial charge in [-0.1, -0.05) is 145 Å². The molecule has 0 unspecified atom stereocenters. The molecule has 0 radical (unpaired) electrons. The highest BCUT2D eigenvalue weighted by atomic mass is 16.6. The van der Waals surface area contributed by atoms with Gasteiger partial charge >= 0.3 is 12.1 Å². The minimum absolute atomic E-state index is 0.0243. The number of rotatable bonds is 16. The Kier molecular flexibility index (Phi) is 15.2. The van der Waals surface area contributed by atoms with Crippen LogP contribution < -0.4 is 15.0 Å². The summed E-state index contributed by atoms with van der Waals surface area (Å²) < 4.78 is 23.3. The molecule has 3 amide bonds. The lowest BCUT2D eigenvalue weighted by Crippen LogP contribution is -2.56. The zero-order chi connectivity index (χ0) is 50.2. The summed E-state index contributed by atoms with van der Waals surface area (Å²) in [4.78, 5) is 67.2. The van der Waals surface area contributed by atoms with E-state index in [1.807, 2.05) is 109 Å². The van der Waals surface area contributed by atoms with Crippen LogP contribution in [0.1, 0.15) is 63.2 Å². The number of amides is 3. The van der Waals surface area contributed by atoms with Gasteiger partial charge in [0.15, 0.2) is 0 Å². The number of fused-ring (bicyclic) bond motifs is 3. The molecule has 6 aromatic rings. The zero-order valence-corrected chi connectivity index (χ0v) is 40.0. The fraction of sp³-hybridized carbons (Fsp3) is 0.276. The van der Waals surface area contributed by atoms with E-state index < -0.39 is 65.5 Å². The Bertz CT molecular complexity index is 2920. The van der Waals surface area contributed by atoms with Crippen molar-refractivity contribution in [3.63, 3.8) is 0 Å². The van der Waals surface area contributed by atoms with Crippen LogP contribution in [0.3, 0.4) is 0 Å². The summed E-state index contributed by atoms with van der Waals surface area (Å²) in [6, 6.07) is 46.2. The van der Waals surface area contributed by atoms with E-state index in [2.05, 4.69) is 22.1 Å². The number of carbonyl (C=O) groups excluding carboxylic acids is 4. The van der Waals surface area contributed by atoms with Gasteiger partial charge in [0, 0.05) is 25.8 Å². The van der Waals surface area contributed by atoms with E-state index >= 15 is 14.4 Å². The first-order valence-electron chi connectivity index (χ1n) is 23.9. The molecule has 3 N–H and O–H groups in total. The van der Waals surface area contributed by atoms with Crippen molar-refractivity contribution in [3.05, 3.63) is 203 Å². The highest BCUT2D eigenvalue weighted by Gasteiger charge is 2.75. The average molecular weight is 969 g/mol. The second-order valence-corrected chi connectivity index (χ2v) is 18.0. The third-order valence-corrected chi connectivity index (χ3v) is 13.5. The maximum atomic E-state index is 16.5. The fourth-order valence-corrected chi connectivity index (χ4v) is 10.5. The number of aliphatic hydroxyl groups excluding tert-OH is 2. The second kappa shape index (κ2) is 22.2. The number of imide groups is 1. The minimum atomic E-state index is -2.09. The number of nitrogens with zero attached hydrogens (tertiary/aromatic N) is 3. The Hall–Kier alpha value is -7.64. The smallest absolute Gasteiger partial charge is 0.421 e. The van der Waals surface area contributed by atoms with Crippen molar-refractivity contribution in [2.45, 2.75) is 42.3 Å². The molecule has 14 heteroatoms. The third kappa shape index (κ3) is 9.73. The van der Waals surface area contributed by atoms with Gasteiger partial charge in [0.2, 0.25) is 11.8 Å². The molecule has 9 rings (SSSR count). The molecule has 0 aliphatic carbocycles. The first-order valence-corrected chi connectivity index (χ1v) is 23.9. The minimum Gasteiger partial charge on any atom is -0.491 e. The van der Waals surface area contributed by atoms with Crippen molar-refractivity contribution in [2.75, 3.05) is 58.6 Å². The summed E-state index contributed by atoms with van der Waals surface area (Å²) in [6.07, 6.45) is -3.11. The summed E-state index contributed by atoms with van der Waals surface area (Å²) in [6.45, 7) is 0.419.